The Morgan fingerprint density at radius 1 is 1.19 bits per heavy atom. The molecule has 26 heavy (non-hydrogen) atoms. The third-order valence-electron chi connectivity index (χ3n) is 3.31. The number of nitrogen functional groups attached to an aromatic ring is 1. The molecule has 0 aliphatic rings. The van der Waals surface area contributed by atoms with Gasteiger partial charge < -0.3 is 25.3 Å². The van der Waals surface area contributed by atoms with Crippen LogP contribution in [0, 0.1) is 0 Å². The van der Waals surface area contributed by atoms with Crippen molar-refractivity contribution in [3.63, 3.8) is 0 Å². The molecule has 7 nitrogen and oxygen atoms in total. The number of methoxy groups -OCH3 is 1. The average molecular weight is 379 g/mol. The Balaban J connectivity index is 1.76. The van der Waals surface area contributed by atoms with E-state index in [4.69, 9.17) is 31.5 Å². The third-order valence-corrected chi connectivity index (χ3v) is 3.64. The van der Waals surface area contributed by atoms with E-state index in [1.54, 1.807) is 0 Å². The SMILES string of the molecule is COc1cc(N)c(Cl)cc1C(=O)OCC(=O)NCCOc1ccccc1. The highest BCUT2D eigenvalue weighted by atomic mass is 35.5. The summed E-state index contributed by atoms with van der Waals surface area (Å²) in [5, 5.41) is 2.79. The minimum Gasteiger partial charge on any atom is -0.496 e. The third kappa shape index (κ3) is 5.56. The summed E-state index contributed by atoms with van der Waals surface area (Å²) in [4.78, 5) is 23.8. The van der Waals surface area contributed by atoms with Gasteiger partial charge >= 0.3 is 5.97 Å². The maximum Gasteiger partial charge on any atom is 0.342 e. The van der Waals surface area contributed by atoms with Crippen LogP contribution in [0.5, 0.6) is 11.5 Å². The number of benzene rings is 2. The molecule has 0 fully saturated rings. The van der Waals surface area contributed by atoms with Crippen LogP contribution >= 0.6 is 11.6 Å². The van der Waals surface area contributed by atoms with E-state index in [1.165, 1.54) is 19.2 Å². The van der Waals surface area contributed by atoms with Crippen molar-refractivity contribution >= 4 is 29.2 Å². The van der Waals surface area contributed by atoms with Crippen LogP contribution in [0.3, 0.4) is 0 Å². The number of nitrogens with two attached hydrogens (primary N) is 1. The lowest BCUT2D eigenvalue weighted by atomic mass is 10.2. The molecule has 0 spiro atoms. The van der Waals surface area contributed by atoms with Crippen molar-refractivity contribution in [3.8, 4) is 11.5 Å². The van der Waals surface area contributed by atoms with Crippen LogP contribution in [0.25, 0.3) is 0 Å². The minimum absolute atomic E-state index is 0.0897. The van der Waals surface area contributed by atoms with Crippen LogP contribution < -0.4 is 20.5 Å². The molecule has 0 unspecified atom stereocenters. The number of carbonyl (C=O) groups excluding carboxylic acids is 2. The molecule has 138 valence electrons. The Morgan fingerprint density at radius 3 is 2.62 bits per heavy atom. The number of amides is 1. The van der Waals surface area contributed by atoms with E-state index in [0.717, 1.165) is 0 Å². The van der Waals surface area contributed by atoms with E-state index in [0.29, 0.717) is 12.4 Å². The van der Waals surface area contributed by atoms with Gasteiger partial charge in [0.1, 0.15) is 23.7 Å². The molecule has 1 amide bonds. The molecule has 8 heteroatoms. The summed E-state index contributed by atoms with van der Waals surface area (Å²) < 4.78 is 15.5. The largest absolute Gasteiger partial charge is 0.496 e. The number of nitrogens with one attached hydrogen (secondary N) is 1. The zero-order chi connectivity index (χ0) is 18.9. The van der Waals surface area contributed by atoms with Gasteiger partial charge in [0.2, 0.25) is 0 Å². The number of rotatable bonds is 8. The summed E-state index contributed by atoms with van der Waals surface area (Å²) in [7, 11) is 1.39. The molecule has 3 N–H and O–H groups in total. The molecule has 0 radical (unpaired) electrons. The molecule has 2 rings (SSSR count). The van der Waals surface area contributed by atoms with Gasteiger partial charge in [0.15, 0.2) is 6.61 Å². The fourth-order valence-electron chi connectivity index (χ4n) is 2.03. The quantitative estimate of drug-likeness (QED) is 0.415. The molecule has 0 heterocycles. The summed E-state index contributed by atoms with van der Waals surface area (Å²) in [6.45, 7) is 0.142. The van der Waals surface area contributed by atoms with Crippen molar-refractivity contribution in [2.24, 2.45) is 0 Å². The summed E-state index contributed by atoms with van der Waals surface area (Å²) in [5.74, 6) is -0.260. The van der Waals surface area contributed by atoms with Crippen molar-refractivity contribution in [2.45, 2.75) is 0 Å². The molecule has 0 atom stereocenters. The Bertz CT molecular complexity index is 768. The number of esters is 1. The smallest absolute Gasteiger partial charge is 0.342 e. The van der Waals surface area contributed by atoms with Crippen LogP contribution in [-0.4, -0.2) is 38.7 Å². The standard InChI is InChI=1S/C18H19ClN2O5/c1-24-16-10-15(20)14(19)9-13(16)18(23)26-11-17(22)21-7-8-25-12-5-3-2-4-6-12/h2-6,9-10H,7-8,11,20H2,1H3,(H,21,22). The van der Waals surface area contributed by atoms with Crippen molar-refractivity contribution < 1.29 is 23.8 Å². The first kappa shape index (κ1) is 19.4. The highest BCUT2D eigenvalue weighted by Crippen LogP contribution is 2.29. The maximum atomic E-state index is 12.1. The maximum absolute atomic E-state index is 12.1. The highest BCUT2D eigenvalue weighted by molar-refractivity contribution is 6.33. The Kier molecular flexibility index (Phi) is 7.11. The predicted molar refractivity (Wildman–Crippen MR) is 97.6 cm³/mol. The van der Waals surface area contributed by atoms with E-state index in [9.17, 15) is 9.59 Å². The number of para-hydroxylation sites is 1. The predicted octanol–water partition coefficient (Wildman–Crippen LogP) is 2.28. The van der Waals surface area contributed by atoms with Gasteiger partial charge in [0.05, 0.1) is 24.4 Å². The van der Waals surface area contributed by atoms with Gasteiger partial charge in [-0.3, -0.25) is 4.79 Å². The number of hydrogen-bond donors (Lipinski definition) is 2. The van der Waals surface area contributed by atoms with E-state index in [2.05, 4.69) is 5.32 Å². The molecule has 0 aliphatic heterocycles. The van der Waals surface area contributed by atoms with Gasteiger partial charge in [-0.25, -0.2) is 4.79 Å². The van der Waals surface area contributed by atoms with Gasteiger partial charge in [0.25, 0.3) is 5.91 Å². The Hall–Kier alpha value is -2.93. The van der Waals surface area contributed by atoms with Gasteiger partial charge in [0, 0.05) is 6.07 Å². The topological polar surface area (TPSA) is 99.9 Å². The molecular weight excluding hydrogens is 360 g/mol. The van der Waals surface area contributed by atoms with Crippen LogP contribution in [0.4, 0.5) is 5.69 Å². The summed E-state index contributed by atoms with van der Waals surface area (Å²) in [6.07, 6.45) is 0. The second-order valence-electron chi connectivity index (χ2n) is 5.16. The van der Waals surface area contributed by atoms with Crippen molar-refractivity contribution in [3.05, 3.63) is 53.1 Å². The molecule has 0 saturated heterocycles. The van der Waals surface area contributed by atoms with E-state index < -0.39 is 18.5 Å². The van der Waals surface area contributed by atoms with Crippen LogP contribution in [0.2, 0.25) is 5.02 Å². The number of carbonyl (C=O) groups is 2. The van der Waals surface area contributed by atoms with E-state index in [-0.39, 0.29) is 28.6 Å². The second kappa shape index (κ2) is 9.53. The first-order chi connectivity index (χ1) is 12.5. The van der Waals surface area contributed by atoms with Gasteiger partial charge in [-0.2, -0.15) is 0 Å². The normalized spacial score (nSPS) is 10.1. The molecular formula is C18H19ClN2O5. The first-order valence-electron chi connectivity index (χ1n) is 7.76. The fourth-order valence-corrected chi connectivity index (χ4v) is 2.20. The van der Waals surface area contributed by atoms with Crippen molar-refractivity contribution in [2.75, 3.05) is 32.6 Å². The van der Waals surface area contributed by atoms with E-state index in [1.807, 2.05) is 30.3 Å². The van der Waals surface area contributed by atoms with E-state index >= 15 is 0 Å². The molecule has 0 saturated carbocycles. The van der Waals surface area contributed by atoms with Crippen molar-refractivity contribution in [1.29, 1.82) is 0 Å². The monoisotopic (exact) mass is 378 g/mol. The zero-order valence-corrected chi connectivity index (χ0v) is 14.9. The lowest BCUT2D eigenvalue weighted by Gasteiger charge is -2.11. The number of ether oxygens (including phenoxy) is 3. The second-order valence-corrected chi connectivity index (χ2v) is 5.57. The van der Waals surface area contributed by atoms with Gasteiger partial charge in [-0.15, -0.1) is 0 Å². The lowest BCUT2D eigenvalue weighted by Crippen LogP contribution is -2.32. The van der Waals surface area contributed by atoms with Crippen LogP contribution in [-0.2, 0) is 9.53 Å². The van der Waals surface area contributed by atoms with Gasteiger partial charge in [-0.05, 0) is 18.2 Å². The summed E-state index contributed by atoms with van der Waals surface area (Å²) in [6, 6.07) is 12.0. The fraction of sp³-hybridized carbons (Fsp3) is 0.222. The summed E-state index contributed by atoms with van der Waals surface area (Å²) >= 11 is 5.90. The average Bonchev–Trinajstić information content (AvgIpc) is 2.66. The number of hydrogen-bond acceptors (Lipinski definition) is 6. The molecule has 0 bridgehead atoms. The molecule has 0 aromatic heterocycles. The molecule has 2 aromatic carbocycles. The minimum atomic E-state index is -0.737. The van der Waals surface area contributed by atoms with Crippen LogP contribution in [0.15, 0.2) is 42.5 Å². The Morgan fingerprint density at radius 2 is 1.92 bits per heavy atom. The number of halogens is 1. The summed E-state index contributed by atoms with van der Waals surface area (Å²) in [5.41, 5.74) is 6.02. The zero-order valence-electron chi connectivity index (χ0n) is 14.2. The lowest BCUT2D eigenvalue weighted by molar-refractivity contribution is -0.124. The first-order valence-corrected chi connectivity index (χ1v) is 8.13. The van der Waals surface area contributed by atoms with Crippen LogP contribution in [0.1, 0.15) is 10.4 Å². The van der Waals surface area contributed by atoms with Gasteiger partial charge in [-0.1, -0.05) is 29.8 Å². The number of anilines is 1. The molecule has 2 aromatic rings. The highest BCUT2D eigenvalue weighted by Gasteiger charge is 2.17. The van der Waals surface area contributed by atoms with Crippen molar-refractivity contribution in [1.82, 2.24) is 5.32 Å². The molecule has 0 aliphatic carbocycles. The Labute approximate surface area is 156 Å².